The third-order valence-corrected chi connectivity index (χ3v) is 3.54. The topological polar surface area (TPSA) is 61.0 Å². The number of aromatic nitrogens is 2. The molecule has 106 valence electrons. The van der Waals surface area contributed by atoms with Crippen LogP contribution in [0.25, 0.3) is 0 Å². The maximum absolute atomic E-state index is 5.68. The van der Waals surface area contributed by atoms with E-state index in [0.29, 0.717) is 13.2 Å². The van der Waals surface area contributed by atoms with E-state index in [-0.39, 0.29) is 0 Å². The van der Waals surface area contributed by atoms with Gasteiger partial charge in [-0.05, 0) is 43.7 Å². The van der Waals surface area contributed by atoms with Gasteiger partial charge < -0.3 is 10.5 Å². The molecule has 0 atom stereocenters. The molecule has 5 heteroatoms. The van der Waals surface area contributed by atoms with Crippen LogP contribution in [0, 0.1) is 6.92 Å². The highest BCUT2D eigenvalue weighted by Gasteiger charge is 1.99. The molecule has 1 heterocycles. The molecule has 1 aromatic carbocycles. The monoisotopic (exact) mass is 289 g/mol. The minimum absolute atomic E-state index is 0.637. The summed E-state index contributed by atoms with van der Waals surface area (Å²) < 4.78 is 5.68. The summed E-state index contributed by atoms with van der Waals surface area (Å²) in [5.41, 5.74) is 7.74. The second-order valence-corrected chi connectivity index (χ2v) is 5.42. The molecule has 0 amide bonds. The summed E-state index contributed by atoms with van der Waals surface area (Å²) in [4.78, 5) is 8.53. The molecule has 0 aliphatic carbocycles. The first-order valence-corrected chi connectivity index (χ1v) is 7.61. The van der Waals surface area contributed by atoms with E-state index < -0.39 is 0 Å². The van der Waals surface area contributed by atoms with Crippen LogP contribution in [0.4, 0.5) is 0 Å². The highest BCUT2D eigenvalue weighted by atomic mass is 32.2. The van der Waals surface area contributed by atoms with Crippen molar-refractivity contribution in [3.63, 3.8) is 0 Å². The lowest BCUT2D eigenvalue weighted by molar-refractivity contribution is 0.344. The van der Waals surface area contributed by atoms with Gasteiger partial charge in [0.15, 0.2) is 5.16 Å². The summed E-state index contributed by atoms with van der Waals surface area (Å²) in [7, 11) is 0. The van der Waals surface area contributed by atoms with Crippen LogP contribution in [0.2, 0.25) is 0 Å². The number of ether oxygens (including phenoxy) is 1. The first kappa shape index (κ1) is 14.8. The number of rotatable bonds is 7. The second-order valence-electron chi connectivity index (χ2n) is 4.36. The van der Waals surface area contributed by atoms with E-state index in [0.717, 1.165) is 28.8 Å². The van der Waals surface area contributed by atoms with Crippen LogP contribution in [0.15, 0.2) is 41.7 Å². The minimum atomic E-state index is 0.637. The molecule has 2 rings (SSSR count). The molecule has 0 radical (unpaired) electrons. The summed E-state index contributed by atoms with van der Waals surface area (Å²) in [6.07, 6.45) is 2.68. The van der Waals surface area contributed by atoms with Crippen molar-refractivity contribution >= 4 is 11.8 Å². The molecular weight excluding hydrogens is 270 g/mol. The molecule has 0 bridgehead atoms. The van der Waals surface area contributed by atoms with E-state index >= 15 is 0 Å². The Kier molecular flexibility index (Phi) is 5.83. The van der Waals surface area contributed by atoms with E-state index in [1.165, 1.54) is 5.56 Å². The van der Waals surface area contributed by atoms with Crippen molar-refractivity contribution in [1.29, 1.82) is 0 Å². The predicted octanol–water partition coefficient (Wildman–Crippen LogP) is 2.46. The lowest BCUT2D eigenvalue weighted by atomic mass is 10.1. The van der Waals surface area contributed by atoms with E-state index in [4.69, 9.17) is 10.5 Å². The quantitative estimate of drug-likeness (QED) is 0.482. The lowest BCUT2D eigenvalue weighted by Gasteiger charge is -2.06. The van der Waals surface area contributed by atoms with Crippen LogP contribution in [-0.2, 0) is 6.42 Å². The SMILES string of the molecule is Cc1ccnc(SCCOc2ccc(CCN)cc2)n1. The van der Waals surface area contributed by atoms with Crippen molar-refractivity contribution in [2.24, 2.45) is 5.73 Å². The standard InChI is InChI=1S/C15H19N3OS/c1-12-7-9-17-15(18-12)20-11-10-19-14-4-2-13(3-5-14)6-8-16/h2-5,7,9H,6,8,10-11,16H2,1H3. The summed E-state index contributed by atoms with van der Waals surface area (Å²) in [5.74, 6) is 1.71. The van der Waals surface area contributed by atoms with Gasteiger partial charge >= 0.3 is 0 Å². The average molecular weight is 289 g/mol. The Morgan fingerprint density at radius 1 is 1.20 bits per heavy atom. The van der Waals surface area contributed by atoms with Gasteiger partial charge in [-0.25, -0.2) is 9.97 Å². The molecule has 0 aliphatic heterocycles. The number of thioether (sulfide) groups is 1. The highest BCUT2D eigenvalue weighted by Crippen LogP contribution is 2.15. The number of nitrogens with two attached hydrogens (primary N) is 1. The van der Waals surface area contributed by atoms with Gasteiger partial charge in [0.25, 0.3) is 0 Å². The number of hydrogen-bond donors (Lipinski definition) is 1. The average Bonchev–Trinajstić information content (AvgIpc) is 2.46. The minimum Gasteiger partial charge on any atom is -0.493 e. The van der Waals surface area contributed by atoms with Crippen molar-refractivity contribution < 1.29 is 4.74 Å². The number of aryl methyl sites for hydroxylation is 1. The zero-order valence-corrected chi connectivity index (χ0v) is 12.4. The fourth-order valence-corrected chi connectivity index (χ4v) is 2.40. The van der Waals surface area contributed by atoms with Gasteiger partial charge in [0.2, 0.25) is 0 Å². The van der Waals surface area contributed by atoms with Crippen molar-refractivity contribution in [1.82, 2.24) is 9.97 Å². The molecule has 20 heavy (non-hydrogen) atoms. The van der Waals surface area contributed by atoms with Gasteiger partial charge in [-0.1, -0.05) is 23.9 Å². The van der Waals surface area contributed by atoms with E-state index in [1.807, 2.05) is 25.1 Å². The maximum atomic E-state index is 5.68. The van der Waals surface area contributed by atoms with E-state index in [2.05, 4.69) is 22.1 Å². The van der Waals surface area contributed by atoms with Crippen LogP contribution < -0.4 is 10.5 Å². The Bertz CT molecular complexity index is 531. The fraction of sp³-hybridized carbons (Fsp3) is 0.333. The highest BCUT2D eigenvalue weighted by molar-refractivity contribution is 7.99. The van der Waals surface area contributed by atoms with E-state index in [1.54, 1.807) is 18.0 Å². The fourth-order valence-electron chi connectivity index (χ4n) is 1.71. The molecule has 2 N–H and O–H groups in total. The molecule has 0 saturated heterocycles. The third-order valence-electron chi connectivity index (χ3n) is 2.71. The zero-order valence-electron chi connectivity index (χ0n) is 11.6. The Morgan fingerprint density at radius 3 is 2.70 bits per heavy atom. The Labute approximate surface area is 123 Å². The van der Waals surface area contributed by atoms with Gasteiger partial charge in [-0.2, -0.15) is 0 Å². The van der Waals surface area contributed by atoms with Crippen LogP contribution >= 0.6 is 11.8 Å². The van der Waals surface area contributed by atoms with Crippen LogP contribution in [-0.4, -0.2) is 28.9 Å². The first-order valence-electron chi connectivity index (χ1n) is 6.62. The molecule has 0 unspecified atom stereocenters. The Hall–Kier alpha value is -1.59. The van der Waals surface area contributed by atoms with Gasteiger partial charge in [0.05, 0.1) is 6.61 Å². The largest absolute Gasteiger partial charge is 0.493 e. The van der Waals surface area contributed by atoms with Gasteiger partial charge in [0, 0.05) is 17.6 Å². The van der Waals surface area contributed by atoms with Gasteiger partial charge in [-0.15, -0.1) is 0 Å². The molecular formula is C15H19N3OS. The maximum Gasteiger partial charge on any atom is 0.187 e. The molecule has 0 saturated carbocycles. The Balaban J connectivity index is 1.73. The molecule has 1 aromatic heterocycles. The molecule has 0 spiro atoms. The molecule has 4 nitrogen and oxygen atoms in total. The number of nitrogens with zero attached hydrogens (tertiary/aromatic N) is 2. The summed E-state index contributed by atoms with van der Waals surface area (Å²) in [5, 5.41) is 0.798. The van der Waals surface area contributed by atoms with Crippen molar-refractivity contribution in [2.45, 2.75) is 18.5 Å². The van der Waals surface area contributed by atoms with Crippen molar-refractivity contribution in [2.75, 3.05) is 18.9 Å². The second kappa shape index (κ2) is 7.87. The zero-order chi connectivity index (χ0) is 14.2. The molecule has 0 fully saturated rings. The normalized spacial score (nSPS) is 10.5. The van der Waals surface area contributed by atoms with E-state index in [9.17, 15) is 0 Å². The van der Waals surface area contributed by atoms with Crippen molar-refractivity contribution in [3.05, 3.63) is 47.8 Å². The summed E-state index contributed by atoms with van der Waals surface area (Å²) >= 11 is 1.60. The molecule has 2 aromatic rings. The Morgan fingerprint density at radius 2 is 2.00 bits per heavy atom. The first-order chi connectivity index (χ1) is 9.78. The summed E-state index contributed by atoms with van der Waals surface area (Å²) in [6.45, 7) is 3.27. The number of hydrogen-bond acceptors (Lipinski definition) is 5. The van der Waals surface area contributed by atoms with Crippen LogP contribution in [0.5, 0.6) is 5.75 Å². The summed E-state index contributed by atoms with van der Waals surface area (Å²) in [6, 6.07) is 9.97. The third kappa shape index (κ3) is 4.83. The lowest BCUT2D eigenvalue weighted by Crippen LogP contribution is -2.03. The number of benzene rings is 1. The van der Waals surface area contributed by atoms with Gasteiger partial charge in [-0.3, -0.25) is 0 Å². The van der Waals surface area contributed by atoms with Crippen LogP contribution in [0.3, 0.4) is 0 Å². The van der Waals surface area contributed by atoms with Crippen molar-refractivity contribution in [3.8, 4) is 5.75 Å². The predicted molar refractivity (Wildman–Crippen MR) is 82.2 cm³/mol. The van der Waals surface area contributed by atoms with Gasteiger partial charge in [0.1, 0.15) is 5.75 Å². The molecule has 0 aliphatic rings. The smallest absolute Gasteiger partial charge is 0.187 e. The van der Waals surface area contributed by atoms with Crippen LogP contribution in [0.1, 0.15) is 11.3 Å².